The zero-order chi connectivity index (χ0) is 38.1. The molecule has 5 rings (SSSR count). The van der Waals surface area contributed by atoms with E-state index in [0.717, 1.165) is 6.08 Å². The third-order valence-corrected chi connectivity index (χ3v) is 9.93. The van der Waals surface area contributed by atoms with Crippen LogP contribution in [0.25, 0.3) is 0 Å². The number of aliphatic hydroxyl groups excluding tert-OH is 2. The third kappa shape index (κ3) is 7.42. The van der Waals surface area contributed by atoms with Crippen molar-refractivity contribution < 1.29 is 58.2 Å². The first-order valence-corrected chi connectivity index (χ1v) is 16.7. The lowest BCUT2D eigenvalue weighted by molar-refractivity contribution is -0.160. The summed E-state index contributed by atoms with van der Waals surface area (Å²) >= 11 is 0. The number of hydrogen-bond donors (Lipinski definition) is 3. The molecule has 3 N–H and O–H groups in total. The fourth-order valence-corrected chi connectivity index (χ4v) is 6.78. The van der Waals surface area contributed by atoms with Gasteiger partial charge in [-0.1, -0.05) is 45.9 Å². The Hall–Kier alpha value is -4.59. The second-order valence-corrected chi connectivity index (χ2v) is 13.5. The number of carbonyl (C=O) groups is 4. The number of methoxy groups -OCH3 is 2. The maximum atomic E-state index is 13.9. The Morgan fingerprint density at radius 3 is 2.22 bits per heavy atom. The van der Waals surface area contributed by atoms with Gasteiger partial charge in [-0.15, -0.1) is 0 Å². The van der Waals surface area contributed by atoms with Crippen molar-refractivity contribution in [2.24, 2.45) is 28.7 Å². The van der Waals surface area contributed by atoms with Gasteiger partial charge in [0.25, 0.3) is 5.78 Å². The number of allylic oxidation sites excluding steroid dienone is 4. The number of rotatable bonds is 2. The number of benzene rings is 1. The summed E-state index contributed by atoms with van der Waals surface area (Å²) in [5, 5.41) is 33.9. The lowest BCUT2D eigenvalue weighted by atomic mass is 9.78. The minimum atomic E-state index is -2.01. The number of ketones is 3. The summed E-state index contributed by atoms with van der Waals surface area (Å²) in [7, 11) is 2.77. The van der Waals surface area contributed by atoms with Gasteiger partial charge in [-0.25, -0.2) is 4.99 Å². The largest absolute Gasteiger partial charge is 0.507 e. The second kappa shape index (κ2) is 15.3. The van der Waals surface area contributed by atoms with E-state index in [1.54, 1.807) is 52.8 Å². The quantitative estimate of drug-likeness (QED) is 0.364. The van der Waals surface area contributed by atoms with Crippen LogP contribution in [0.1, 0.15) is 85.1 Å². The molecule has 0 radical (unpaired) electrons. The first kappa shape index (κ1) is 39.2. The Morgan fingerprint density at radius 2 is 1.61 bits per heavy atom. The monoisotopic (exact) mass is 709 g/mol. The smallest absolute Gasteiger partial charge is 0.312 e. The lowest BCUT2D eigenvalue weighted by Crippen LogP contribution is -2.46. The van der Waals surface area contributed by atoms with Crippen molar-refractivity contribution in [3.8, 4) is 11.5 Å². The zero-order valence-corrected chi connectivity index (χ0v) is 30.5. The van der Waals surface area contributed by atoms with Crippen molar-refractivity contribution in [1.29, 1.82) is 0 Å². The number of phenols is 1. The van der Waals surface area contributed by atoms with E-state index in [0.29, 0.717) is 5.57 Å². The molecule has 13 nitrogen and oxygen atoms in total. The van der Waals surface area contributed by atoms with Crippen molar-refractivity contribution in [3.05, 3.63) is 70.2 Å². The van der Waals surface area contributed by atoms with Crippen LogP contribution in [0.15, 0.2) is 52.9 Å². The van der Waals surface area contributed by atoms with Gasteiger partial charge in [0.05, 0.1) is 48.4 Å². The molecule has 3 aliphatic heterocycles. The number of Topliss-reactive ketones (excluding diaryl/α,β-unsaturated/α-hetero) is 2. The second-order valence-electron chi connectivity index (χ2n) is 13.5. The van der Waals surface area contributed by atoms with Gasteiger partial charge in [-0.05, 0) is 19.9 Å². The van der Waals surface area contributed by atoms with Crippen LogP contribution < -0.4 is 4.74 Å². The average molecular weight is 710 g/mol. The minimum absolute atomic E-state index is 0.000290. The molecule has 0 saturated heterocycles. The predicted molar refractivity (Wildman–Crippen MR) is 186 cm³/mol. The van der Waals surface area contributed by atoms with Gasteiger partial charge in [0.2, 0.25) is 11.7 Å². The van der Waals surface area contributed by atoms with Crippen LogP contribution >= 0.6 is 0 Å². The van der Waals surface area contributed by atoms with E-state index in [4.69, 9.17) is 23.7 Å². The lowest BCUT2D eigenvalue weighted by Gasteiger charge is -2.38. The Bertz CT molecular complexity index is 1750. The first-order chi connectivity index (χ1) is 23.9. The van der Waals surface area contributed by atoms with Crippen molar-refractivity contribution in [1.82, 2.24) is 0 Å². The van der Waals surface area contributed by atoms with E-state index in [2.05, 4.69) is 4.99 Å². The summed E-state index contributed by atoms with van der Waals surface area (Å²) in [5.74, 6) is -7.88. The molecule has 3 heterocycles. The highest BCUT2D eigenvalue weighted by Crippen LogP contribution is 2.48. The number of aliphatic hydroxyl groups is 2. The molecule has 0 spiro atoms. The maximum absolute atomic E-state index is 13.9. The molecule has 4 aliphatic rings. The Kier molecular flexibility index (Phi) is 11.8. The standard InChI is InChI=1S/C38H47NO12/c1-17-12-11-13-18(2)37(48-10)39-24-16-25(41)27-28(33(24)45)32(44)22(6)35-29(27)36(46)38(8,51-35)49-15-14-26(47-9)19(3)34(50-23(7)40)21(5)31(43)20(4)30(17)42/h11-17,19-21,26,30-31,34,42-44H,1-10H3/b12-11+,15-14+,18-13+,39-37?/t17-,19-,20+,21+,26+,30-,31-,34+,38+/m1/s1. The fraction of sp³-hybridized carbons (Fsp3) is 0.500. The highest BCUT2D eigenvalue weighted by atomic mass is 16.7. The number of nitrogens with zero attached hydrogens (tertiary/aromatic N) is 1. The van der Waals surface area contributed by atoms with Gasteiger partial charge in [-0.3, -0.25) is 19.2 Å². The van der Waals surface area contributed by atoms with Crippen LogP contribution in [-0.4, -0.2) is 89.0 Å². The van der Waals surface area contributed by atoms with Crippen LogP contribution in [0.4, 0.5) is 0 Å². The normalized spacial score (nSPS) is 34.0. The van der Waals surface area contributed by atoms with E-state index in [1.807, 2.05) is 0 Å². The van der Waals surface area contributed by atoms with Crippen molar-refractivity contribution in [2.45, 2.75) is 85.6 Å². The third-order valence-electron chi connectivity index (χ3n) is 9.93. The first-order valence-electron chi connectivity index (χ1n) is 16.7. The molecule has 1 aromatic rings. The topological polar surface area (TPSA) is 187 Å². The fourth-order valence-electron chi connectivity index (χ4n) is 6.78. The van der Waals surface area contributed by atoms with Gasteiger partial charge < -0.3 is 39.0 Å². The maximum Gasteiger partial charge on any atom is 0.312 e. The minimum Gasteiger partial charge on any atom is -0.507 e. The van der Waals surface area contributed by atoms with Gasteiger partial charge in [0.15, 0.2) is 5.78 Å². The molecule has 0 aromatic heterocycles. The van der Waals surface area contributed by atoms with Crippen LogP contribution in [0.5, 0.6) is 11.5 Å². The van der Waals surface area contributed by atoms with Gasteiger partial charge >= 0.3 is 11.8 Å². The highest BCUT2D eigenvalue weighted by Gasteiger charge is 2.51. The van der Waals surface area contributed by atoms with Crippen LogP contribution in [0.2, 0.25) is 0 Å². The van der Waals surface area contributed by atoms with Crippen LogP contribution in [-0.2, 0) is 23.7 Å². The number of esters is 1. The van der Waals surface area contributed by atoms with Crippen molar-refractivity contribution >= 4 is 29.2 Å². The number of aromatic hydroxyl groups is 1. The number of ether oxygens (including phenoxy) is 5. The molecule has 1 aliphatic carbocycles. The Labute approximate surface area is 297 Å². The average Bonchev–Trinajstić information content (AvgIpc) is 3.35. The summed E-state index contributed by atoms with van der Waals surface area (Å²) < 4.78 is 28.6. The number of hydrogen-bond acceptors (Lipinski definition) is 13. The summed E-state index contributed by atoms with van der Waals surface area (Å²) in [6, 6.07) is 0. The molecule has 0 fully saturated rings. The molecular weight excluding hydrogens is 662 g/mol. The van der Waals surface area contributed by atoms with Crippen molar-refractivity contribution in [2.75, 3.05) is 14.2 Å². The van der Waals surface area contributed by atoms with E-state index < -0.39 is 88.5 Å². The number of fused-ring (bicyclic) bond motifs is 13. The summed E-state index contributed by atoms with van der Waals surface area (Å²) in [6.45, 7) is 12.7. The molecule has 51 heavy (non-hydrogen) atoms. The van der Waals surface area contributed by atoms with Gasteiger partial charge in [-0.2, -0.15) is 0 Å². The van der Waals surface area contributed by atoms with E-state index in [9.17, 15) is 34.5 Å². The SMILES string of the molecule is COC1=NC2=CC(=O)c3c(c(O)c(C)c4c3C(=O)[C@@](C)(O/C=C/[C@H](OC)[C@@H](C)[C@H](OC(C)=O)[C@@H](C)[C@H](O)[C@@H](C)[C@H](O)[C@H](C)/C=C/C=C/1C)O4)C2=O. The number of phenolic OH excluding ortho intramolecular Hbond substituents is 1. The molecule has 0 amide bonds. The highest BCUT2D eigenvalue weighted by molar-refractivity contribution is 6.30. The van der Waals surface area contributed by atoms with E-state index in [1.165, 1.54) is 47.3 Å². The molecule has 276 valence electrons. The Balaban J connectivity index is 1.88. The molecule has 5 bridgehead atoms. The predicted octanol–water partition coefficient (Wildman–Crippen LogP) is 4.56. The van der Waals surface area contributed by atoms with E-state index >= 15 is 0 Å². The van der Waals surface area contributed by atoms with Gasteiger partial charge in [0, 0.05) is 61.8 Å². The Morgan fingerprint density at radius 1 is 0.941 bits per heavy atom. The van der Waals surface area contributed by atoms with Gasteiger partial charge in [0.1, 0.15) is 23.3 Å². The molecule has 9 atom stereocenters. The molecule has 1 aromatic carbocycles. The van der Waals surface area contributed by atoms with Crippen LogP contribution in [0, 0.1) is 30.6 Å². The summed E-state index contributed by atoms with van der Waals surface area (Å²) in [4.78, 5) is 57.9. The molecule has 0 saturated carbocycles. The van der Waals surface area contributed by atoms with Crippen LogP contribution in [0.3, 0.4) is 0 Å². The molecule has 13 heteroatoms. The molecular formula is C38H47NO12. The van der Waals surface area contributed by atoms with E-state index in [-0.39, 0.29) is 34.0 Å². The molecule has 0 unspecified atom stereocenters. The summed E-state index contributed by atoms with van der Waals surface area (Å²) in [5.41, 5.74) is -0.738. The number of carbonyl (C=O) groups excluding carboxylic acids is 4. The number of aliphatic imine (C=N–C) groups is 1. The summed E-state index contributed by atoms with van der Waals surface area (Å²) in [6.07, 6.45) is 4.92. The zero-order valence-electron chi connectivity index (χ0n) is 30.5. The van der Waals surface area contributed by atoms with Crippen molar-refractivity contribution in [3.63, 3.8) is 0 Å².